The van der Waals surface area contributed by atoms with Crippen molar-refractivity contribution in [3.05, 3.63) is 23.4 Å². The molecule has 4 N–H and O–H groups in total. The molecule has 0 fully saturated rings. The van der Waals surface area contributed by atoms with Gasteiger partial charge in [-0.2, -0.15) is 0 Å². The molecule has 0 aliphatic rings. The van der Waals surface area contributed by atoms with Crippen molar-refractivity contribution < 1.29 is 9.53 Å². The van der Waals surface area contributed by atoms with Gasteiger partial charge < -0.3 is 15.5 Å². The van der Waals surface area contributed by atoms with E-state index in [0.29, 0.717) is 18.0 Å². The van der Waals surface area contributed by atoms with Crippen LogP contribution in [0.25, 0.3) is 0 Å². The van der Waals surface area contributed by atoms with Crippen molar-refractivity contribution in [2.75, 3.05) is 19.1 Å². The molecule has 1 amide bonds. The molecule has 0 aromatic carbocycles. The Kier molecular flexibility index (Phi) is 5.47. The summed E-state index contributed by atoms with van der Waals surface area (Å²) in [5.41, 5.74) is 3.66. The van der Waals surface area contributed by atoms with Gasteiger partial charge in [-0.3, -0.25) is 4.79 Å². The van der Waals surface area contributed by atoms with Gasteiger partial charge in [0.05, 0.1) is 6.61 Å². The monoisotopic (exact) mass is 280 g/mol. The second kappa shape index (κ2) is 6.67. The molecule has 0 spiro atoms. The van der Waals surface area contributed by atoms with Crippen LogP contribution in [0.1, 0.15) is 43.7 Å². The summed E-state index contributed by atoms with van der Waals surface area (Å²) in [5.74, 6) is 5.72. The normalized spacial score (nSPS) is 12.9. The number of nitrogens with zero attached hydrogens (tertiary/aromatic N) is 1. The first-order valence-corrected chi connectivity index (χ1v) is 6.57. The van der Waals surface area contributed by atoms with E-state index in [1.165, 1.54) is 0 Å². The van der Waals surface area contributed by atoms with E-state index >= 15 is 0 Å². The Morgan fingerprint density at radius 3 is 2.60 bits per heavy atom. The van der Waals surface area contributed by atoms with Crippen molar-refractivity contribution in [1.29, 1.82) is 0 Å². The number of aromatic nitrogens is 1. The summed E-state index contributed by atoms with van der Waals surface area (Å²) in [6.07, 6.45) is 0. The van der Waals surface area contributed by atoms with Crippen LogP contribution in [-0.2, 0) is 10.2 Å². The summed E-state index contributed by atoms with van der Waals surface area (Å²) < 4.78 is 5.00. The average molecular weight is 280 g/mol. The molecule has 1 rings (SSSR count). The summed E-state index contributed by atoms with van der Waals surface area (Å²) in [6, 6.07) is 3.35. The maximum atomic E-state index is 12.2. The predicted octanol–water partition coefficient (Wildman–Crippen LogP) is 1.43. The molecule has 0 saturated heterocycles. The molecule has 112 valence electrons. The Bertz CT molecular complexity index is 469. The van der Waals surface area contributed by atoms with Crippen molar-refractivity contribution >= 4 is 11.7 Å². The highest BCUT2D eigenvalue weighted by atomic mass is 16.5. The number of carbonyl (C=O) groups excluding carboxylic acids is 1. The highest BCUT2D eigenvalue weighted by molar-refractivity contribution is 5.95. The zero-order valence-corrected chi connectivity index (χ0v) is 12.8. The largest absolute Gasteiger partial charge is 0.383 e. The maximum Gasteiger partial charge on any atom is 0.251 e. The van der Waals surface area contributed by atoms with E-state index in [4.69, 9.17) is 10.6 Å². The van der Waals surface area contributed by atoms with E-state index < -0.39 is 0 Å². The number of rotatable bonds is 5. The van der Waals surface area contributed by atoms with Gasteiger partial charge in [0.2, 0.25) is 0 Å². The lowest BCUT2D eigenvalue weighted by atomic mass is 9.90. The summed E-state index contributed by atoms with van der Waals surface area (Å²) in [4.78, 5) is 16.6. The van der Waals surface area contributed by atoms with E-state index in [2.05, 4.69) is 15.7 Å². The van der Waals surface area contributed by atoms with Crippen molar-refractivity contribution in [2.45, 2.75) is 39.2 Å². The molecule has 1 aromatic rings. The number of carbonyl (C=O) groups is 1. The smallest absolute Gasteiger partial charge is 0.251 e. The molecule has 1 unspecified atom stereocenters. The Labute approximate surface area is 120 Å². The van der Waals surface area contributed by atoms with E-state index in [9.17, 15) is 4.79 Å². The number of nitrogens with two attached hydrogens (primary N) is 1. The molecular formula is C14H24N4O2. The number of nitrogens with one attached hydrogen (secondary N) is 2. The molecule has 0 aliphatic heterocycles. The SMILES string of the molecule is COCC(C)NC(=O)c1cc(NN)nc(C(C)(C)C)c1. The number of pyridine rings is 1. The van der Waals surface area contributed by atoms with Gasteiger partial charge in [-0.05, 0) is 19.1 Å². The number of hydrazine groups is 1. The lowest BCUT2D eigenvalue weighted by Crippen LogP contribution is -2.36. The minimum absolute atomic E-state index is 0.0620. The van der Waals surface area contributed by atoms with Gasteiger partial charge in [-0.15, -0.1) is 0 Å². The summed E-state index contributed by atoms with van der Waals surface area (Å²) in [6.45, 7) is 8.45. The fourth-order valence-corrected chi connectivity index (χ4v) is 1.72. The van der Waals surface area contributed by atoms with E-state index in [1.807, 2.05) is 27.7 Å². The lowest BCUT2D eigenvalue weighted by molar-refractivity contribution is 0.0905. The van der Waals surface area contributed by atoms with Crippen LogP contribution >= 0.6 is 0 Å². The molecule has 20 heavy (non-hydrogen) atoms. The van der Waals surface area contributed by atoms with Gasteiger partial charge in [-0.25, -0.2) is 10.8 Å². The molecule has 1 atom stereocenters. The van der Waals surface area contributed by atoms with E-state index in [1.54, 1.807) is 19.2 Å². The molecule has 1 aromatic heterocycles. The van der Waals surface area contributed by atoms with Gasteiger partial charge in [0.15, 0.2) is 0 Å². The van der Waals surface area contributed by atoms with Crippen LogP contribution in [0.2, 0.25) is 0 Å². The number of methoxy groups -OCH3 is 1. The molecule has 0 radical (unpaired) electrons. The van der Waals surface area contributed by atoms with Crippen molar-refractivity contribution in [3.63, 3.8) is 0 Å². The zero-order valence-electron chi connectivity index (χ0n) is 12.8. The second-order valence-corrected chi connectivity index (χ2v) is 5.85. The zero-order chi connectivity index (χ0) is 15.3. The van der Waals surface area contributed by atoms with E-state index in [0.717, 1.165) is 5.69 Å². The number of hydrogen-bond donors (Lipinski definition) is 3. The van der Waals surface area contributed by atoms with Crippen molar-refractivity contribution in [2.24, 2.45) is 5.84 Å². The average Bonchev–Trinajstić information content (AvgIpc) is 2.37. The molecule has 1 heterocycles. The number of nitrogen functional groups attached to an aromatic ring is 1. The summed E-state index contributed by atoms with van der Waals surface area (Å²) in [7, 11) is 1.60. The fraction of sp³-hybridized carbons (Fsp3) is 0.571. The predicted molar refractivity (Wildman–Crippen MR) is 79.6 cm³/mol. The molecule has 6 heteroatoms. The minimum atomic E-state index is -0.168. The molecule has 6 nitrogen and oxygen atoms in total. The first kappa shape index (κ1) is 16.4. The topological polar surface area (TPSA) is 89.3 Å². The fourth-order valence-electron chi connectivity index (χ4n) is 1.72. The summed E-state index contributed by atoms with van der Waals surface area (Å²) in [5, 5.41) is 2.87. The summed E-state index contributed by atoms with van der Waals surface area (Å²) >= 11 is 0. The third-order valence-corrected chi connectivity index (χ3v) is 2.80. The third kappa shape index (κ3) is 4.47. The van der Waals surface area contributed by atoms with Gasteiger partial charge in [-0.1, -0.05) is 20.8 Å². The van der Waals surface area contributed by atoms with Crippen molar-refractivity contribution in [3.8, 4) is 0 Å². The van der Waals surface area contributed by atoms with Gasteiger partial charge in [0.1, 0.15) is 5.82 Å². The highest BCUT2D eigenvalue weighted by Crippen LogP contribution is 2.23. The van der Waals surface area contributed by atoms with Gasteiger partial charge in [0.25, 0.3) is 5.91 Å². The minimum Gasteiger partial charge on any atom is -0.383 e. The van der Waals surface area contributed by atoms with Crippen LogP contribution in [0.5, 0.6) is 0 Å². The highest BCUT2D eigenvalue weighted by Gasteiger charge is 2.19. The Morgan fingerprint density at radius 1 is 1.45 bits per heavy atom. The Hall–Kier alpha value is -1.66. The molecular weight excluding hydrogens is 256 g/mol. The molecule has 0 aliphatic carbocycles. The standard InChI is InChI=1S/C14H24N4O2/c1-9(8-20-5)16-13(19)10-6-11(14(2,3)4)17-12(7-10)18-15/h6-7,9H,8,15H2,1-5H3,(H,16,19)(H,17,18). The number of hydrogen-bond acceptors (Lipinski definition) is 5. The Morgan fingerprint density at radius 2 is 2.10 bits per heavy atom. The first-order chi connectivity index (χ1) is 9.27. The third-order valence-electron chi connectivity index (χ3n) is 2.80. The molecule has 0 saturated carbocycles. The lowest BCUT2D eigenvalue weighted by Gasteiger charge is -2.20. The van der Waals surface area contributed by atoms with Crippen LogP contribution in [0.4, 0.5) is 5.82 Å². The van der Waals surface area contributed by atoms with Gasteiger partial charge >= 0.3 is 0 Å². The Balaban J connectivity index is 3.02. The molecule has 0 bridgehead atoms. The van der Waals surface area contributed by atoms with E-state index in [-0.39, 0.29) is 17.4 Å². The van der Waals surface area contributed by atoms with Crippen LogP contribution in [0.3, 0.4) is 0 Å². The van der Waals surface area contributed by atoms with Crippen LogP contribution in [-0.4, -0.2) is 30.6 Å². The van der Waals surface area contributed by atoms with Crippen LogP contribution in [0, 0.1) is 0 Å². The van der Waals surface area contributed by atoms with Crippen molar-refractivity contribution in [1.82, 2.24) is 10.3 Å². The van der Waals surface area contributed by atoms with Crippen LogP contribution in [0.15, 0.2) is 12.1 Å². The quantitative estimate of drug-likeness (QED) is 0.561. The maximum absolute atomic E-state index is 12.2. The van der Waals surface area contributed by atoms with Gasteiger partial charge in [0, 0.05) is 29.8 Å². The number of ether oxygens (including phenoxy) is 1. The number of amides is 1. The first-order valence-electron chi connectivity index (χ1n) is 6.57. The number of anilines is 1. The second-order valence-electron chi connectivity index (χ2n) is 5.85. The van der Waals surface area contributed by atoms with Crippen LogP contribution < -0.4 is 16.6 Å².